The van der Waals surface area contributed by atoms with Crippen molar-refractivity contribution in [3.05, 3.63) is 46.8 Å². The number of nitrogen functional groups attached to an aromatic ring is 1. The second-order valence-corrected chi connectivity index (χ2v) is 4.87. The molecule has 1 unspecified atom stereocenters. The van der Waals surface area contributed by atoms with E-state index >= 15 is 0 Å². The highest BCUT2D eigenvalue weighted by molar-refractivity contribution is 5.47. The Bertz CT molecular complexity index is 562. The Morgan fingerprint density at radius 2 is 2.33 bits per heavy atom. The molecule has 2 aromatic rings. The summed E-state index contributed by atoms with van der Waals surface area (Å²) in [6.45, 7) is 2.65. The summed E-state index contributed by atoms with van der Waals surface area (Å²) in [6, 6.07) is 8.53. The van der Waals surface area contributed by atoms with Gasteiger partial charge in [-0.25, -0.2) is 0 Å². The molecular formula is C14H17N3O. The van der Waals surface area contributed by atoms with E-state index in [-0.39, 0.29) is 0 Å². The van der Waals surface area contributed by atoms with E-state index in [1.165, 1.54) is 11.1 Å². The summed E-state index contributed by atoms with van der Waals surface area (Å²) in [7, 11) is 0. The maximum Gasteiger partial charge on any atom is 0.150 e. The Hall–Kier alpha value is -1.81. The summed E-state index contributed by atoms with van der Waals surface area (Å²) in [5.74, 6) is 0.886. The van der Waals surface area contributed by atoms with E-state index in [1.807, 2.05) is 19.1 Å². The minimum Gasteiger partial charge on any atom is -0.399 e. The van der Waals surface area contributed by atoms with Crippen molar-refractivity contribution < 1.29 is 4.52 Å². The van der Waals surface area contributed by atoms with Crippen LogP contribution in [0.15, 0.2) is 28.8 Å². The fourth-order valence-electron chi connectivity index (χ4n) is 2.57. The largest absolute Gasteiger partial charge is 0.399 e. The lowest BCUT2D eigenvalue weighted by molar-refractivity contribution is 0.360. The number of benzene rings is 1. The summed E-state index contributed by atoms with van der Waals surface area (Å²) in [4.78, 5) is 0. The van der Waals surface area contributed by atoms with Crippen molar-refractivity contribution >= 4 is 5.69 Å². The van der Waals surface area contributed by atoms with Crippen molar-refractivity contribution in [3.63, 3.8) is 0 Å². The van der Waals surface area contributed by atoms with Gasteiger partial charge in [0.05, 0.1) is 12.2 Å². The molecule has 94 valence electrons. The number of hydrogen-bond acceptors (Lipinski definition) is 4. The highest BCUT2D eigenvalue weighted by Crippen LogP contribution is 2.32. The van der Waals surface area contributed by atoms with Gasteiger partial charge < -0.3 is 15.6 Å². The lowest BCUT2D eigenvalue weighted by Crippen LogP contribution is -2.18. The van der Waals surface area contributed by atoms with Crippen molar-refractivity contribution in [2.24, 2.45) is 0 Å². The van der Waals surface area contributed by atoms with E-state index in [0.717, 1.165) is 36.5 Å². The molecule has 1 aliphatic rings. The molecule has 3 N–H and O–H groups in total. The highest BCUT2D eigenvalue weighted by Gasteiger charge is 2.22. The van der Waals surface area contributed by atoms with Crippen LogP contribution in [0, 0.1) is 6.92 Å². The molecule has 0 amide bonds. The summed E-state index contributed by atoms with van der Waals surface area (Å²) in [6.07, 6.45) is 2.21. The topological polar surface area (TPSA) is 64.1 Å². The molecule has 1 aromatic heterocycles. The maximum atomic E-state index is 5.80. The fraction of sp³-hybridized carbons (Fsp3) is 0.357. The van der Waals surface area contributed by atoms with Crippen LogP contribution in [0.25, 0.3) is 0 Å². The second-order valence-electron chi connectivity index (χ2n) is 4.87. The number of anilines is 1. The van der Waals surface area contributed by atoms with Gasteiger partial charge >= 0.3 is 0 Å². The van der Waals surface area contributed by atoms with Crippen LogP contribution in [-0.2, 0) is 13.0 Å². The SMILES string of the molecule is Cc1cc(CNC2CCc3cc(N)ccc32)on1. The van der Waals surface area contributed by atoms with Crippen molar-refractivity contribution in [3.8, 4) is 0 Å². The van der Waals surface area contributed by atoms with Gasteiger partial charge in [-0.15, -0.1) is 0 Å². The van der Waals surface area contributed by atoms with Crippen LogP contribution in [0.2, 0.25) is 0 Å². The first-order valence-corrected chi connectivity index (χ1v) is 6.26. The number of hydrogen-bond donors (Lipinski definition) is 2. The summed E-state index contributed by atoms with van der Waals surface area (Å²) >= 11 is 0. The van der Waals surface area contributed by atoms with Gasteiger partial charge in [-0.1, -0.05) is 11.2 Å². The predicted octanol–water partition coefficient (Wildman–Crippen LogP) is 2.34. The molecule has 4 nitrogen and oxygen atoms in total. The molecule has 0 fully saturated rings. The van der Waals surface area contributed by atoms with E-state index < -0.39 is 0 Å². The van der Waals surface area contributed by atoms with Crippen LogP contribution in [0.1, 0.15) is 35.0 Å². The normalized spacial score (nSPS) is 17.9. The molecule has 0 spiro atoms. The monoisotopic (exact) mass is 243 g/mol. The third kappa shape index (κ3) is 2.11. The van der Waals surface area contributed by atoms with Crippen molar-refractivity contribution in [1.82, 2.24) is 10.5 Å². The van der Waals surface area contributed by atoms with Crippen LogP contribution in [-0.4, -0.2) is 5.16 Å². The Labute approximate surface area is 106 Å². The van der Waals surface area contributed by atoms with Gasteiger partial charge in [0.1, 0.15) is 0 Å². The minimum atomic E-state index is 0.394. The first-order valence-electron chi connectivity index (χ1n) is 6.26. The van der Waals surface area contributed by atoms with Crippen LogP contribution in [0.4, 0.5) is 5.69 Å². The molecule has 4 heteroatoms. The van der Waals surface area contributed by atoms with Crippen LogP contribution >= 0.6 is 0 Å². The molecule has 1 aliphatic carbocycles. The molecule has 0 aliphatic heterocycles. The molecule has 0 saturated heterocycles. The molecule has 18 heavy (non-hydrogen) atoms. The Balaban J connectivity index is 1.69. The van der Waals surface area contributed by atoms with Gasteiger partial charge in [-0.2, -0.15) is 0 Å². The number of nitrogens with zero attached hydrogens (tertiary/aromatic N) is 1. The standard InChI is InChI=1S/C14H17N3O/c1-9-6-12(18-17-9)8-16-14-5-2-10-7-11(15)3-4-13(10)14/h3-4,6-7,14,16H,2,5,8,15H2,1H3. The van der Waals surface area contributed by atoms with Gasteiger partial charge in [0.15, 0.2) is 5.76 Å². The number of aryl methyl sites for hydroxylation is 2. The zero-order valence-electron chi connectivity index (χ0n) is 10.4. The zero-order chi connectivity index (χ0) is 12.5. The van der Waals surface area contributed by atoms with Crippen LogP contribution in [0.3, 0.4) is 0 Å². The van der Waals surface area contributed by atoms with Gasteiger partial charge in [0.2, 0.25) is 0 Å². The molecule has 1 aromatic carbocycles. The number of nitrogens with one attached hydrogen (secondary N) is 1. The average Bonchev–Trinajstić information content (AvgIpc) is 2.92. The third-order valence-electron chi connectivity index (χ3n) is 3.44. The van der Waals surface area contributed by atoms with Crippen molar-refractivity contribution in [1.29, 1.82) is 0 Å². The summed E-state index contributed by atoms with van der Waals surface area (Å²) in [5, 5.41) is 7.40. The predicted molar refractivity (Wildman–Crippen MR) is 70.0 cm³/mol. The summed E-state index contributed by atoms with van der Waals surface area (Å²) < 4.78 is 5.20. The Kier molecular flexibility index (Phi) is 2.80. The van der Waals surface area contributed by atoms with E-state index in [1.54, 1.807) is 0 Å². The minimum absolute atomic E-state index is 0.394. The van der Waals surface area contributed by atoms with Crippen LogP contribution in [0.5, 0.6) is 0 Å². The molecular weight excluding hydrogens is 226 g/mol. The number of nitrogens with two attached hydrogens (primary N) is 1. The van der Waals surface area contributed by atoms with Crippen molar-refractivity contribution in [2.75, 3.05) is 5.73 Å². The third-order valence-corrected chi connectivity index (χ3v) is 3.44. The van der Waals surface area contributed by atoms with E-state index in [2.05, 4.69) is 22.6 Å². The van der Waals surface area contributed by atoms with E-state index in [4.69, 9.17) is 10.3 Å². The van der Waals surface area contributed by atoms with Gasteiger partial charge in [0, 0.05) is 17.8 Å². The Morgan fingerprint density at radius 3 is 3.11 bits per heavy atom. The maximum absolute atomic E-state index is 5.80. The molecule has 0 saturated carbocycles. The smallest absolute Gasteiger partial charge is 0.150 e. The molecule has 0 radical (unpaired) electrons. The zero-order valence-corrected chi connectivity index (χ0v) is 10.4. The lowest BCUT2D eigenvalue weighted by Gasteiger charge is -2.12. The van der Waals surface area contributed by atoms with Crippen LogP contribution < -0.4 is 11.1 Å². The second kappa shape index (κ2) is 4.46. The first kappa shape index (κ1) is 11.3. The number of fused-ring (bicyclic) bond motifs is 1. The summed E-state index contributed by atoms with van der Waals surface area (Å²) in [5.41, 5.74) is 10.3. The molecule has 1 atom stereocenters. The molecule has 3 rings (SSSR count). The van der Waals surface area contributed by atoms with Gasteiger partial charge in [-0.3, -0.25) is 0 Å². The van der Waals surface area contributed by atoms with Crippen molar-refractivity contribution in [2.45, 2.75) is 32.4 Å². The van der Waals surface area contributed by atoms with E-state index in [9.17, 15) is 0 Å². The number of rotatable bonds is 3. The van der Waals surface area contributed by atoms with Gasteiger partial charge in [0.25, 0.3) is 0 Å². The van der Waals surface area contributed by atoms with E-state index in [0.29, 0.717) is 6.04 Å². The highest BCUT2D eigenvalue weighted by atomic mass is 16.5. The quantitative estimate of drug-likeness (QED) is 0.812. The number of aromatic nitrogens is 1. The fourth-order valence-corrected chi connectivity index (χ4v) is 2.57. The molecule has 1 heterocycles. The van der Waals surface area contributed by atoms with Gasteiger partial charge in [-0.05, 0) is 43.0 Å². The lowest BCUT2D eigenvalue weighted by atomic mass is 10.1. The molecule has 0 bridgehead atoms. The Morgan fingerprint density at radius 1 is 1.44 bits per heavy atom. The first-order chi connectivity index (χ1) is 8.72. The average molecular weight is 243 g/mol.